The lowest BCUT2D eigenvalue weighted by Crippen LogP contribution is -2.10. The lowest BCUT2D eigenvalue weighted by molar-refractivity contribution is 0.669. The monoisotopic (exact) mass is 435 g/mol. The van der Waals surface area contributed by atoms with Crippen molar-refractivity contribution in [1.82, 2.24) is 0 Å². The van der Waals surface area contributed by atoms with Crippen molar-refractivity contribution in [3.05, 3.63) is 127 Å². The van der Waals surface area contributed by atoms with Crippen LogP contribution in [0.1, 0.15) is 0 Å². The van der Waals surface area contributed by atoms with Crippen molar-refractivity contribution < 1.29 is 4.42 Å². The minimum Gasteiger partial charge on any atom is -0.456 e. The zero-order valence-electron chi connectivity index (χ0n) is 18.5. The first kappa shape index (κ1) is 19.0. The molecule has 2 nitrogen and oxygen atoms in total. The second-order valence-corrected chi connectivity index (χ2v) is 8.61. The van der Waals surface area contributed by atoms with Crippen molar-refractivity contribution in [3.63, 3.8) is 0 Å². The van der Waals surface area contributed by atoms with Crippen LogP contribution in [0.5, 0.6) is 0 Å². The Kier molecular flexibility index (Phi) is 4.18. The molecule has 0 unspecified atom stereocenters. The standard InChI is InChI=1S/C32H21NO/c1-2-11-24(12-3-1)33(25-18-17-22-9-4-5-10-23(22)21-25)29-15-8-14-27-26(29)19-20-31-32(27)28-13-6-7-16-30(28)34-31/h1-21H. The Morgan fingerprint density at radius 1 is 0.441 bits per heavy atom. The minimum absolute atomic E-state index is 0.919. The van der Waals surface area contributed by atoms with Crippen molar-refractivity contribution in [2.45, 2.75) is 0 Å². The van der Waals surface area contributed by atoms with E-state index in [9.17, 15) is 0 Å². The van der Waals surface area contributed by atoms with Gasteiger partial charge in [0.2, 0.25) is 0 Å². The molecular formula is C32H21NO. The average Bonchev–Trinajstić information content (AvgIpc) is 3.29. The van der Waals surface area contributed by atoms with E-state index in [-0.39, 0.29) is 0 Å². The summed E-state index contributed by atoms with van der Waals surface area (Å²) in [5.74, 6) is 0. The molecule has 7 aromatic rings. The van der Waals surface area contributed by atoms with Crippen molar-refractivity contribution in [1.29, 1.82) is 0 Å². The fourth-order valence-corrected chi connectivity index (χ4v) is 5.08. The number of hydrogen-bond acceptors (Lipinski definition) is 2. The maximum atomic E-state index is 6.16. The van der Waals surface area contributed by atoms with E-state index >= 15 is 0 Å². The quantitative estimate of drug-likeness (QED) is 0.275. The Labute approximate surface area is 197 Å². The highest BCUT2D eigenvalue weighted by Gasteiger charge is 2.18. The molecule has 0 saturated heterocycles. The summed E-state index contributed by atoms with van der Waals surface area (Å²) in [6.07, 6.45) is 0. The number of anilines is 3. The van der Waals surface area contributed by atoms with Crippen LogP contribution in [0.2, 0.25) is 0 Å². The number of benzene rings is 6. The number of para-hydroxylation sites is 2. The Hall–Kier alpha value is -4.56. The zero-order chi connectivity index (χ0) is 22.5. The molecular weight excluding hydrogens is 414 g/mol. The van der Waals surface area contributed by atoms with E-state index in [1.807, 2.05) is 12.1 Å². The van der Waals surface area contributed by atoms with Gasteiger partial charge in [-0.15, -0.1) is 0 Å². The second kappa shape index (κ2) is 7.50. The summed E-state index contributed by atoms with van der Waals surface area (Å²) in [5, 5.41) is 7.17. The normalized spacial score (nSPS) is 11.5. The molecule has 0 radical (unpaired) electrons. The molecule has 0 aliphatic heterocycles. The van der Waals surface area contributed by atoms with Crippen LogP contribution in [-0.4, -0.2) is 0 Å². The Morgan fingerprint density at radius 2 is 1.21 bits per heavy atom. The van der Waals surface area contributed by atoms with E-state index in [0.29, 0.717) is 0 Å². The van der Waals surface area contributed by atoms with E-state index in [1.54, 1.807) is 0 Å². The summed E-state index contributed by atoms with van der Waals surface area (Å²) in [6.45, 7) is 0. The molecule has 34 heavy (non-hydrogen) atoms. The van der Waals surface area contributed by atoms with Crippen LogP contribution in [0.3, 0.4) is 0 Å². The number of fused-ring (bicyclic) bond motifs is 6. The van der Waals surface area contributed by atoms with Gasteiger partial charge in [0.25, 0.3) is 0 Å². The van der Waals surface area contributed by atoms with Gasteiger partial charge in [-0.1, -0.05) is 78.9 Å². The summed E-state index contributed by atoms with van der Waals surface area (Å²) in [6, 6.07) is 44.9. The summed E-state index contributed by atoms with van der Waals surface area (Å²) in [4.78, 5) is 2.35. The van der Waals surface area contributed by atoms with Crippen molar-refractivity contribution in [3.8, 4) is 0 Å². The zero-order valence-corrected chi connectivity index (χ0v) is 18.5. The molecule has 0 atom stereocenters. The van der Waals surface area contributed by atoms with E-state index in [2.05, 4.69) is 120 Å². The molecule has 0 bridgehead atoms. The maximum absolute atomic E-state index is 6.16. The SMILES string of the molecule is c1ccc(N(c2ccc3ccccc3c2)c2cccc3c2ccc2oc4ccccc4c23)cc1. The lowest BCUT2D eigenvalue weighted by atomic mass is 10.0. The minimum atomic E-state index is 0.919. The Balaban J connectivity index is 1.54. The average molecular weight is 436 g/mol. The lowest BCUT2D eigenvalue weighted by Gasteiger charge is -2.27. The molecule has 1 aromatic heterocycles. The molecule has 0 spiro atoms. The highest BCUT2D eigenvalue weighted by molar-refractivity contribution is 6.21. The van der Waals surface area contributed by atoms with Gasteiger partial charge in [0, 0.05) is 27.5 Å². The third-order valence-corrected chi connectivity index (χ3v) is 6.62. The highest BCUT2D eigenvalue weighted by atomic mass is 16.3. The van der Waals surface area contributed by atoms with Crippen LogP contribution in [-0.2, 0) is 0 Å². The Morgan fingerprint density at radius 3 is 2.12 bits per heavy atom. The van der Waals surface area contributed by atoms with Crippen LogP contribution in [0, 0.1) is 0 Å². The summed E-state index contributed by atoms with van der Waals surface area (Å²) in [5.41, 5.74) is 5.25. The van der Waals surface area contributed by atoms with Gasteiger partial charge in [0.05, 0.1) is 5.69 Å². The van der Waals surface area contributed by atoms with Gasteiger partial charge in [-0.05, 0) is 64.7 Å². The number of furan rings is 1. The molecule has 0 amide bonds. The first-order chi connectivity index (χ1) is 16.9. The van der Waals surface area contributed by atoms with Gasteiger partial charge in [-0.25, -0.2) is 0 Å². The number of nitrogens with zero attached hydrogens (tertiary/aromatic N) is 1. The number of rotatable bonds is 3. The molecule has 0 fully saturated rings. The first-order valence-corrected chi connectivity index (χ1v) is 11.5. The molecule has 0 N–H and O–H groups in total. The van der Waals surface area contributed by atoms with Crippen LogP contribution < -0.4 is 4.90 Å². The fraction of sp³-hybridized carbons (Fsp3) is 0. The molecule has 7 rings (SSSR count). The molecule has 1 heterocycles. The molecule has 160 valence electrons. The van der Waals surface area contributed by atoms with Crippen LogP contribution in [0.15, 0.2) is 132 Å². The third kappa shape index (κ3) is 2.89. The molecule has 0 aliphatic rings. The molecule has 0 saturated carbocycles. The predicted octanol–water partition coefficient (Wildman–Crippen LogP) is 9.36. The van der Waals surface area contributed by atoms with Crippen LogP contribution >= 0.6 is 0 Å². The largest absolute Gasteiger partial charge is 0.456 e. The van der Waals surface area contributed by atoms with Crippen molar-refractivity contribution in [2.75, 3.05) is 4.90 Å². The predicted molar refractivity (Wildman–Crippen MR) is 143 cm³/mol. The second-order valence-electron chi connectivity index (χ2n) is 8.61. The Bertz CT molecular complexity index is 1810. The number of hydrogen-bond donors (Lipinski definition) is 0. The fourth-order valence-electron chi connectivity index (χ4n) is 5.08. The van der Waals surface area contributed by atoms with E-state index < -0.39 is 0 Å². The topological polar surface area (TPSA) is 16.4 Å². The van der Waals surface area contributed by atoms with Crippen LogP contribution in [0.25, 0.3) is 43.5 Å². The van der Waals surface area contributed by atoms with E-state index in [4.69, 9.17) is 4.42 Å². The molecule has 6 aromatic carbocycles. The smallest absolute Gasteiger partial charge is 0.136 e. The summed E-state index contributed by atoms with van der Waals surface area (Å²) >= 11 is 0. The van der Waals surface area contributed by atoms with E-state index in [1.165, 1.54) is 26.9 Å². The van der Waals surface area contributed by atoms with Gasteiger partial charge in [0.15, 0.2) is 0 Å². The molecule has 2 heteroatoms. The maximum Gasteiger partial charge on any atom is 0.136 e. The van der Waals surface area contributed by atoms with Crippen molar-refractivity contribution >= 4 is 60.5 Å². The summed E-state index contributed by atoms with van der Waals surface area (Å²) < 4.78 is 6.16. The van der Waals surface area contributed by atoms with E-state index in [0.717, 1.165) is 33.6 Å². The van der Waals surface area contributed by atoms with Gasteiger partial charge in [-0.3, -0.25) is 0 Å². The molecule has 0 aliphatic carbocycles. The van der Waals surface area contributed by atoms with Crippen molar-refractivity contribution in [2.24, 2.45) is 0 Å². The first-order valence-electron chi connectivity index (χ1n) is 11.5. The van der Waals surface area contributed by atoms with Crippen LogP contribution in [0.4, 0.5) is 17.1 Å². The third-order valence-electron chi connectivity index (χ3n) is 6.62. The van der Waals surface area contributed by atoms with Gasteiger partial charge >= 0.3 is 0 Å². The summed E-state index contributed by atoms with van der Waals surface area (Å²) in [7, 11) is 0. The van der Waals surface area contributed by atoms with Gasteiger partial charge in [-0.2, -0.15) is 0 Å². The van der Waals surface area contributed by atoms with Gasteiger partial charge < -0.3 is 9.32 Å². The van der Waals surface area contributed by atoms with Gasteiger partial charge in [0.1, 0.15) is 11.2 Å². The highest BCUT2D eigenvalue weighted by Crippen LogP contribution is 2.43.